The summed E-state index contributed by atoms with van der Waals surface area (Å²) in [5.41, 5.74) is 4.63. The fourth-order valence-corrected chi connectivity index (χ4v) is 11.7. The summed E-state index contributed by atoms with van der Waals surface area (Å²) < 4.78 is 26.9. The maximum Gasteiger partial charge on any atom is 1.00 e. The zero-order valence-electron chi connectivity index (χ0n) is 61.0. The maximum absolute atomic E-state index is 12.0. The van der Waals surface area contributed by atoms with Crippen LogP contribution in [0.1, 0.15) is 268 Å². The number of ether oxygens (including phenoxy) is 5. The van der Waals surface area contributed by atoms with Gasteiger partial charge in [-0.25, -0.2) is 0 Å². The summed E-state index contributed by atoms with van der Waals surface area (Å²) in [5.74, 6) is -1.96. The molecule has 102 heavy (non-hydrogen) atoms. The van der Waals surface area contributed by atoms with E-state index in [0.29, 0.717) is 44.2 Å². The van der Waals surface area contributed by atoms with Crippen LogP contribution in [-0.2, 0) is 95.8 Å². The predicted molar refractivity (Wildman–Crippen MR) is 373 cm³/mol. The number of esters is 5. The van der Waals surface area contributed by atoms with Crippen LogP contribution in [0.2, 0.25) is 0 Å². The molecule has 5 saturated carbocycles. The van der Waals surface area contributed by atoms with Gasteiger partial charge >= 0.3 is 61.0 Å². The average molecular weight is 1460 g/mol. The van der Waals surface area contributed by atoms with Gasteiger partial charge in [-0.1, -0.05) is 78.7 Å². The summed E-state index contributed by atoms with van der Waals surface area (Å²) in [5, 5.41) is 34.0. The monoisotopic (exact) mass is 1460 g/mol. The zero-order chi connectivity index (χ0) is 74.2. The number of hydrogen-bond donors (Lipinski definition) is 2. The smallest absolute Gasteiger partial charge is 0.870 e. The Balaban J connectivity index is -0.000000559. The first kappa shape index (κ1) is 101. The molecule has 4 aliphatic heterocycles. The van der Waals surface area contributed by atoms with Crippen molar-refractivity contribution in [2.24, 2.45) is 61.1 Å². The molecule has 574 valence electrons. The third kappa shape index (κ3) is 36.2. The first-order valence-corrected chi connectivity index (χ1v) is 32.9. The minimum Gasteiger partial charge on any atom is -0.870 e. The van der Waals surface area contributed by atoms with Gasteiger partial charge in [0.2, 0.25) is 5.17 Å². The molecule has 4 N–H and O–H groups in total. The third-order valence-electron chi connectivity index (χ3n) is 15.9. The number of allylic oxidation sites excluding steroid dienone is 1. The van der Waals surface area contributed by atoms with Gasteiger partial charge in [-0.2, -0.15) is 24.4 Å². The molecule has 9 rings (SSSR count). The number of rotatable bonds is 8. The fraction of sp³-hybridized carbons (Fsp3) is 0.761. The van der Waals surface area contributed by atoms with Gasteiger partial charge in [-0.3, -0.25) is 33.6 Å². The Morgan fingerprint density at radius 2 is 0.922 bits per heavy atom. The van der Waals surface area contributed by atoms with Crippen LogP contribution in [0.25, 0.3) is 0 Å². The second-order valence-electron chi connectivity index (χ2n) is 30.4. The Labute approximate surface area is 619 Å². The standard InChI is InChI=1S/C14H23NO3.C13H20N2O4.C13H18N2O3.C12H19NO3.C11H18O2.C3H4ClNO2.2CO2.3CH4.Li.H2O/c1-5-11-9-14(18-15-11)7-6-10(8-14)12(16)17-13(2,3)4;1-12(2,3)18-11(17)8-4-5-13(6-8)7-9(10(14)16)15-19-13;1-12(2,3)17-11(16)9-4-5-13(6-9)7-10(8-14)15-18-13;1-11(2,3)15-10(14)9-4-5-12(8-9)6-7-13-16-12;1-8-5-6-9(7-8)10(12)13-11(2,3)4;1-2(6)3(4)5-7;2*2-1-3;;;;;/h10H,5-9H2,1-4H3;8H,4-7H2,1-3H3,(H2,14,16);9H,4-7H2,1-3H3;7,9H,4-6,8H2,1-3H3;9H,1,5-7H2,2-4H3;7H,1H3;;;3*1H4;;1H2/q;;;;;;;;;;;+1;/p-1/b;;;;;5-3-;;;;;;;. The number of carbonyl (C=O) groups is 7. The number of nitrogens with two attached hydrogens (primary N) is 1. The van der Waals surface area contributed by atoms with Gasteiger partial charge < -0.3 is 59.5 Å². The van der Waals surface area contributed by atoms with Crippen molar-refractivity contribution in [2.75, 3.05) is 0 Å². The number of nitriles is 1. The fourth-order valence-electron chi connectivity index (χ4n) is 11.7. The molecule has 0 aromatic heterocycles. The number of primary amides is 1. The van der Waals surface area contributed by atoms with Crippen molar-refractivity contribution in [3.8, 4) is 6.07 Å². The molecule has 0 radical (unpaired) electrons. The van der Waals surface area contributed by atoms with Crippen LogP contribution in [0.3, 0.4) is 0 Å². The van der Waals surface area contributed by atoms with E-state index in [0.717, 1.165) is 95.6 Å². The quantitative estimate of drug-likeness (QED) is 0.0434. The van der Waals surface area contributed by atoms with E-state index in [1.807, 2.05) is 110 Å². The molecule has 5 fully saturated rings. The summed E-state index contributed by atoms with van der Waals surface area (Å²) in [6, 6.07) is 2.01. The summed E-state index contributed by atoms with van der Waals surface area (Å²) in [4.78, 5) is 135. The van der Waals surface area contributed by atoms with E-state index in [2.05, 4.69) is 39.3 Å². The van der Waals surface area contributed by atoms with Gasteiger partial charge in [0.15, 0.2) is 11.5 Å². The van der Waals surface area contributed by atoms with Gasteiger partial charge in [-0.05, 0) is 181 Å². The number of carbonyl (C=O) groups excluding carboxylic acids is 11. The van der Waals surface area contributed by atoms with Crippen molar-refractivity contribution >= 4 is 94.0 Å². The van der Waals surface area contributed by atoms with Gasteiger partial charge in [-0.15, -0.1) is 0 Å². The molecule has 4 heterocycles. The minimum atomic E-state index is -0.558. The molecule has 0 aromatic rings. The van der Waals surface area contributed by atoms with E-state index in [-0.39, 0.29) is 146 Å². The molecular formula is C71H115ClLiN7O22. The van der Waals surface area contributed by atoms with Crippen LogP contribution in [-0.4, -0.2) is 143 Å². The first-order chi connectivity index (χ1) is 44.7. The molecule has 5 aliphatic carbocycles. The predicted octanol–water partition coefficient (Wildman–Crippen LogP) is 9.48. The number of Topliss-reactive ketones (excluding diaryl/α,β-unsaturated/α-hetero) is 1. The second-order valence-corrected chi connectivity index (χ2v) is 30.8. The summed E-state index contributed by atoms with van der Waals surface area (Å²) in [6.45, 7) is 35.4. The number of oxime groups is 5. The Bertz CT molecular complexity index is 3040. The second kappa shape index (κ2) is 43.7. The summed E-state index contributed by atoms with van der Waals surface area (Å²) in [7, 11) is 0. The molecule has 9 atom stereocenters. The average Bonchev–Trinajstić information content (AvgIpc) is 1.67. The SMILES string of the molecule is C.C.C.C=C1CCC(C(=O)OC(C)(C)C)C1.CC(=O)/C(Cl)=N/O.CC(C)(C)OC(=O)C1CCC2(CC(C#N)=NO2)C1.CC(C)(C)OC(=O)C1CCC2(CC(C(N)=O)=NO2)C1.CC(C)(C)OC(=O)C1CCC2(CC=NO2)C1.CCC1=NOC2(CCC(C(=O)OC(C)(C)C)C2)C1.O=C=O.O=C=O.[Li+].[OH-]. The third-order valence-corrected chi connectivity index (χ3v) is 16.2. The van der Waals surface area contributed by atoms with Crippen molar-refractivity contribution in [2.45, 2.75) is 319 Å². The van der Waals surface area contributed by atoms with E-state index in [4.69, 9.17) is 90.0 Å². The van der Waals surface area contributed by atoms with Crippen molar-refractivity contribution < 1.29 is 125 Å². The van der Waals surface area contributed by atoms with Crippen molar-refractivity contribution in [3.63, 3.8) is 0 Å². The van der Waals surface area contributed by atoms with Gasteiger partial charge in [0, 0.05) is 64.5 Å². The molecule has 1 amide bonds. The molecule has 29 nitrogen and oxygen atoms in total. The van der Waals surface area contributed by atoms with Crippen LogP contribution < -0.4 is 24.6 Å². The Morgan fingerprint density at radius 1 is 0.588 bits per heavy atom. The molecule has 0 saturated heterocycles. The van der Waals surface area contributed by atoms with E-state index in [1.165, 1.54) is 12.5 Å². The zero-order valence-corrected chi connectivity index (χ0v) is 61.8. The molecule has 0 aromatic carbocycles. The van der Waals surface area contributed by atoms with Gasteiger partial charge in [0.25, 0.3) is 5.91 Å². The Hall–Kier alpha value is -7.32. The molecule has 0 bridgehead atoms. The number of hydrogen-bond acceptors (Lipinski definition) is 28. The van der Waals surface area contributed by atoms with Crippen LogP contribution in [0.5, 0.6) is 0 Å². The summed E-state index contributed by atoms with van der Waals surface area (Å²) >= 11 is 4.95. The molecule has 9 unspecified atom stereocenters. The van der Waals surface area contributed by atoms with Crippen LogP contribution >= 0.6 is 11.6 Å². The summed E-state index contributed by atoms with van der Waals surface area (Å²) in [6.07, 6.45) is 17.5. The van der Waals surface area contributed by atoms with Crippen LogP contribution in [0, 0.1) is 40.9 Å². The van der Waals surface area contributed by atoms with Crippen LogP contribution in [0.4, 0.5) is 0 Å². The number of ketones is 1. The Kier molecular flexibility index (Phi) is 43.3. The van der Waals surface area contributed by atoms with E-state index in [1.54, 1.807) is 6.21 Å². The number of halogens is 1. The van der Waals surface area contributed by atoms with Crippen molar-refractivity contribution in [1.82, 2.24) is 0 Å². The first-order valence-electron chi connectivity index (χ1n) is 32.5. The number of amides is 1. The van der Waals surface area contributed by atoms with E-state index < -0.39 is 45.3 Å². The maximum atomic E-state index is 12.0. The van der Waals surface area contributed by atoms with E-state index >= 15 is 0 Å². The van der Waals surface area contributed by atoms with Crippen LogP contribution in [0.15, 0.2) is 37.9 Å². The van der Waals surface area contributed by atoms with Crippen molar-refractivity contribution in [1.29, 1.82) is 5.26 Å². The topological polar surface area (TPSA) is 433 Å². The van der Waals surface area contributed by atoms with Gasteiger partial charge in [0.05, 0.1) is 35.3 Å². The molecule has 31 heteroatoms. The normalized spacial score (nSPS) is 25.7. The molecular weight excluding hydrogens is 1350 g/mol. The largest absolute Gasteiger partial charge is 1.00 e. The minimum absolute atomic E-state index is 0. The van der Waals surface area contributed by atoms with E-state index in [9.17, 15) is 33.6 Å². The van der Waals surface area contributed by atoms with Gasteiger partial charge in [0.1, 0.15) is 62.2 Å². The molecule has 9 aliphatic rings. The number of nitrogens with zero attached hydrogens (tertiary/aromatic N) is 6. The van der Waals surface area contributed by atoms with Crippen molar-refractivity contribution in [3.05, 3.63) is 12.2 Å². The molecule has 4 spiro atoms. The Morgan fingerprint density at radius 3 is 1.19 bits per heavy atom.